The second kappa shape index (κ2) is 3.79. The second-order valence-corrected chi connectivity index (χ2v) is 3.45. The number of carbonyl (C=O) groups is 1. The Hall–Kier alpha value is -1.36. The molecule has 0 radical (unpaired) electrons. The van der Waals surface area contributed by atoms with Gasteiger partial charge in [0.15, 0.2) is 5.69 Å². The van der Waals surface area contributed by atoms with E-state index in [0.29, 0.717) is 0 Å². The van der Waals surface area contributed by atoms with E-state index < -0.39 is 5.97 Å². The number of hydrogen-bond donors (Lipinski definition) is 2. The zero-order valence-electron chi connectivity index (χ0n) is 7.69. The zero-order chi connectivity index (χ0) is 9.97. The Balaban J connectivity index is 2.21. The fourth-order valence-electron chi connectivity index (χ4n) is 1.83. The normalized spacial score (nSPS) is 18.3. The van der Waals surface area contributed by atoms with E-state index >= 15 is 0 Å². The lowest BCUT2D eigenvalue weighted by molar-refractivity contribution is 0.0684. The van der Waals surface area contributed by atoms with Crippen LogP contribution in [0.25, 0.3) is 0 Å². The smallest absolute Gasteiger partial charge is 0.358 e. The minimum Gasteiger partial charge on any atom is -0.476 e. The number of nitrogens with zero attached hydrogens (tertiary/aromatic N) is 1. The van der Waals surface area contributed by atoms with E-state index in [0.717, 1.165) is 31.5 Å². The third-order valence-electron chi connectivity index (χ3n) is 2.58. The lowest BCUT2D eigenvalue weighted by Gasteiger charge is -2.21. The van der Waals surface area contributed by atoms with Crippen LogP contribution in [-0.4, -0.2) is 29.3 Å². The van der Waals surface area contributed by atoms with E-state index in [1.54, 1.807) is 0 Å². The van der Waals surface area contributed by atoms with Crippen molar-refractivity contribution in [3.8, 4) is 0 Å². The van der Waals surface area contributed by atoms with Gasteiger partial charge >= 0.3 is 5.97 Å². The van der Waals surface area contributed by atoms with Crippen molar-refractivity contribution in [2.45, 2.75) is 18.8 Å². The molecule has 5 heteroatoms. The monoisotopic (exact) mass is 196 g/mol. The Kier molecular flexibility index (Phi) is 2.49. The Morgan fingerprint density at radius 3 is 2.93 bits per heavy atom. The maximum absolute atomic E-state index is 10.8. The van der Waals surface area contributed by atoms with Gasteiger partial charge in [0, 0.05) is 5.56 Å². The van der Waals surface area contributed by atoms with Crippen LogP contribution in [0.2, 0.25) is 0 Å². The summed E-state index contributed by atoms with van der Waals surface area (Å²) < 4.78 is 4.71. The molecule has 1 aromatic heterocycles. The first-order chi connectivity index (χ1) is 6.79. The number of aromatic nitrogens is 1. The molecule has 0 amide bonds. The summed E-state index contributed by atoms with van der Waals surface area (Å²) in [7, 11) is 0. The van der Waals surface area contributed by atoms with E-state index in [9.17, 15) is 4.79 Å². The van der Waals surface area contributed by atoms with Crippen molar-refractivity contribution >= 4 is 5.97 Å². The van der Waals surface area contributed by atoms with Crippen LogP contribution in [0, 0.1) is 0 Å². The van der Waals surface area contributed by atoms with Gasteiger partial charge in [0.1, 0.15) is 6.26 Å². The Labute approximate surface area is 81.1 Å². The summed E-state index contributed by atoms with van der Waals surface area (Å²) in [6.07, 6.45) is 3.35. The number of hydrogen-bond acceptors (Lipinski definition) is 4. The molecule has 14 heavy (non-hydrogen) atoms. The minimum absolute atomic E-state index is 0.0666. The number of rotatable bonds is 2. The summed E-state index contributed by atoms with van der Waals surface area (Å²) in [5.74, 6) is -0.735. The molecule has 1 fully saturated rings. The number of nitrogens with one attached hydrogen (secondary N) is 1. The van der Waals surface area contributed by atoms with Crippen LogP contribution in [0.4, 0.5) is 0 Å². The number of carboxylic acids is 1. The quantitative estimate of drug-likeness (QED) is 0.733. The van der Waals surface area contributed by atoms with Crippen molar-refractivity contribution in [3.63, 3.8) is 0 Å². The molecule has 2 rings (SSSR count). The summed E-state index contributed by atoms with van der Waals surface area (Å²) in [6.45, 7) is 1.85. The maximum Gasteiger partial charge on any atom is 0.358 e. The molecule has 0 aliphatic carbocycles. The average Bonchev–Trinajstić information content (AvgIpc) is 2.67. The SMILES string of the molecule is O=C(O)c1nocc1C1CCNCC1. The third kappa shape index (κ3) is 1.63. The minimum atomic E-state index is -1.01. The summed E-state index contributed by atoms with van der Waals surface area (Å²) in [5, 5.41) is 15.6. The zero-order valence-corrected chi connectivity index (χ0v) is 7.69. The molecule has 0 aromatic carbocycles. The molecule has 0 bridgehead atoms. The molecular formula is C9H12N2O3. The lowest BCUT2D eigenvalue weighted by atomic mass is 9.91. The molecule has 0 spiro atoms. The van der Waals surface area contributed by atoms with Crippen molar-refractivity contribution in [1.82, 2.24) is 10.5 Å². The molecular weight excluding hydrogens is 184 g/mol. The Morgan fingerprint density at radius 1 is 1.57 bits per heavy atom. The van der Waals surface area contributed by atoms with Gasteiger partial charge in [-0.3, -0.25) is 0 Å². The highest BCUT2D eigenvalue weighted by molar-refractivity contribution is 5.86. The van der Waals surface area contributed by atoms with Crippen LogP contribution in [0.1, 0.15) is 34.8 Å². The second-order valence-electron chi connectivity index (χ2n) is 3.45. The summed E-state index contributed by atoms with van der Waals surface area (Å²) in [5.41, 5.74) is 0.802. The van der Waals surface area contributed by atoms with Gasteiger partial charge in [0.2, 0.25) is 0 Å². The molecule has 1 aromatic rings. The fourth-order valence-corrected chi connectivity index (χ4v) is 1.83. The molecule has 76 valence electrons. The van der Waals surface area contributed by atoms with Gasteiger partial charge in [-0.1, -0.05) is 5.16 Å². The van der Waals surface area contributed by atoms with Gasteiger partial charge in [-0.2, -0.15) is 0 Å². The molecule has 2 N–H and O–H groups in total. The Bertz CT molecular complexity index is 329. The molecule has 1 aliphatic rings. The van der Waals surface area contributed by atoms with Crippen LogP contribution in [0.15, 0.2) is 10.8 Å². The van der Waals surface area contributed by atoms with Gasteiger partial charge in [-0.05, 0) is 31.8 Å². The van der Waals surface area contributed by atoms with E-state index in [4.69, 9.17) is 9.63 Å². The van der Waals surface area contributed by atoms with Gasteiger partial charge in [-0.15, -0.1) is 0 Å². The fraction of sp³-hybridized carbons (Fsp3) is 0.556. The van der Waals surface area contributed by atoms with Gasteiger partial charge in [0.05, 0.1) is 0 Å². The van der Waals surface area contributed by atoms with Crippen molar-refractivity contribution in [2.75, 3.05) is 13.1 Å². The lowest BCUT2D eigenvalue weighted by Crippen LogP contribution is -2.27. The summed E-state index contributed by atoms with van der Waals surface area (Å²) >= 11 is 0. The molecule has 1 saturated heterocycles. The first-order valence-corrected chi connectivity index (χ1v) is 4.67. The topological polar surface area (TPSA) is 75.4 Å². The predicted octanol–water partition coefficient (Wildman–Crippen LogP) is 0.840. The van der Waals surface area contributed by atoms with Gasteiger partial charge in [-0.25, -0.2) is 4.79 Å². The highest BCUT2D eigenvalue weighted by Gasteiger charge is 2.24. The highest BCUT2D eigenvalue weighted by Crippen LogP contribution is 2.27. The molecule has 0 atom stereocenters. The maximum atomic E-state index is 10.8. The van der Waals surface area contributed by atoms with E-state index in [1.165, 1.54) is 6.26 Å². The summed E-state index contributed by atoms with van der Waals surface area (Å²) in [4.78, 5) is 10.8. The largest absolute Gasteiger partial charge is 0.476 e. The van der Waals surface area contributed by atoms with Crippen LogP contribution in [-0.2, 0) is 0 Å². The van der Waals surface area contributed by atoms with Crippen molar-refractivity contribution in [3.05, 3.63) is 17.5 Å². The number of piperidine rings is 1. The van der Waals surface area contributed by atoms with Crippen molar-refractivity contribution in [1.29, 1.82) is 0 Å². The van der Waals surface area contributed by atoms with Crippen molar-refractivity contribution in [2.24, 2.45) is 0 Å². The molecule has 5 nitrogen and oxygen atoms in total. The van der Waals surface area contributed by atoms with E-state index in [2.05, 4.69) is 10.5 Å². The molecule has 2 heterocycles. The Morgan fingerprint density at radius 2 is 2.29 bits per heavy atom. The standard InChI is InChI=1S/C9H12N2O3/c12-9(13)8-7(5-14-11-8)6-1-3-10-4-2-6/h5-6,10H,1-4H2,(H,12,13). The van der Waals surface area contributed by atoms with Gasteiger partial charge in [0.25, 0.3) is 0 Å². The first kappa shape index (κ1) is 9.21. The van der Waals surface area contributed by atoms with Crippen LogP contribution in [0.3, 0.4) is 0 Å². The molecule has 0 unspecified atom stereocenters. The van der Waals surface area contributed by atoms with E-state index in [-0.39, 0.29) is 11.6 Å². The number of carboxylic acid groups (broad SMARTS) is 1. The highest BCUT2D eigenvalue weighted by atomic mass is 16.5. The van der Waals surface area contributed by atoms with Crippen LogP contribution in [0.5, 0.6) is 0 Å². The number of aromatic carboxylic acids is 1. The summed E-state index contributed by atoms with van der Waals surface area (Å²) in [6, 6.07) is 0. The van der Waals surface area contributed by atoms with Crippen LogP contribution < -0.4 is 5.32 Å². The molecule has 1 aliphatic heterocycles. The van der Waals surface area contributed by atoms with E-state index in [1.807, 2.05) is 0 Å². The first-order valence-electron chi connectivity index (χ1n) is 4.67. The van der Waals surface area contributed by atoms with Crippen molar-refractivity contribution < 1.29 is 14.4 Å². The van der Waals surface area contributed by atoms with Gasteiger partial charge < -0.3 is 14.9 Å². The predicted molar refractivity (Wildman–Crippen MR) is 48.3 cm³/mol. The molecule has 0 saturated carbocycles. The third-order valence-corrected chi connectivity index (χ3v) is 2.58. The van der Waals surface area contributed by atoms with Crippen LogP contribution >= 0.6 is 0 Å². The average molecular weight is 196 g/mol.